The van der Waals surface area contributed by atoms with E-state index in [4.69, 9.17) is 0 Å². The van der Waals surface area contributed by atoms with Gasteiger partial charge in [-0.05, 0) is 0 Å². The molecule has 0 amide bonds. The highest BCUT2D eigenvalue weighted by Gasteiger charge is 1.61. The highest BCUT2D eigenvalue weighted by atomic mass is 79.9. The standard InChI is InChI=1S/CH7BrSi2/c2-4-1-3/h1,4H2,3H3. The Morgan fingerprint density at radius 2 is 2.25 bits per heavy atom. The van der Waals surface area contributed by atoms with Crippen molar-refractivity contribution in [3.8, 4) is 0 Å². The lowest BCUT2D eigenvalue weighted by Gasteiger charge is -1.63. The first kappa shape index (κ1) is 4.91. The van der Waals surface area contributed by atoms with Crippen LogP contribution in [0.2, 0.25) is 5.67 Å². The van der Waals surface area contributed by atoms with Gasteiger partial charge in [0.1, 0.15) is 0 Å². The maximum atomic E-state index is 3.42. The lowest BCUT2D eigenvalue weighted by atomic mass is 11.9. The molecule has 0 aliphatic rings. The van der Waals surface area contributed by atoms with Crippen LogP contribution in [0.1, 0.15) is 0 Å². The fourth-order valence-electron chi connectivity index (χ4n) is 0. The summed E-state index contributed by atoms with van der Waals surface area (Å²) in [5, 5.41) is 0. The molecule has 0 aliphatic heterocycles. The molecule has 0 rings (SSSR count). The van der Waals surface area contributed by atoms with E-state index in [2.05, 4.69) is 15.3 Å². The van der Waals surface area contributed by atoms with Crippen LogP contribution in [0, 0.1) is 0 Å². The highest BCUT2D eigenvalue weighted by Crippen LogP contribution is 1.73. The summed E-state index contributed by atoms with van der Waals surface area (Å²) in [6.07, 6.45) is 0. The monoisotopic (exact) mass is 154 g/mol. The Morgan fingerprint density at radius 3 is 2.25 bits per heavy atom. The Kier molecular flexibility index (Phi) is 4.81. The fourth-order valence-corrected chi connectivity index (χ4v) is 0. The largest absolute Gasteiger partial charge is 0.136 e. The molecule has 0 aromatic rings. The Morgan fingerprint density at radius 1 is 2.00 bits per heavy atom. The van der Waals surface area contributed by atoms with E-state index >= 15 is 0 Å². The van der Waals surface area contributed by atoms with Gasteiger partial charge in [-0.2, -0.15) is 0 Å². The summed E-state index contributed by atoms with van der Waals surface area (Å²) >= 11 is 3.42. The number of hydrogen-bond acceptors (Lipinski definition) is 0. The molecule has 0 radical (unpaired) electrons. The third kappa shape index (κ3) is 2.91. The van der Waals surface area contributed by atoms with Crippen molar-refractivity contribution in [2.24, 2.45) is 0 Å². The minimum Gasteiger partial charge on any atom is -0.136 e. The summed E-state index contributed by atoms with van der Waals surface area (Å²) in [6.45, 7) is 0. The summed E-state index contributed by atoms with van der Waals surface area (Å²) in [4.78, 5) is 0. The van der Waals surface area contributed by atoms with Gasteiger partial charge in [-0.25, -0.2) is 0 Å². The van der Waals surface area contributed by atoms with Crippen LogP contribution in [0.15, 0.2) is 0 Å². The zero-order chi connectivity index (χ0) is 3.41. The number of halogens is 1. The lowest BCUT2D eigenvalue weighted by molar-refractivity contribution is 2.13. The van der Waals surface area contributed by atoms with Crippen molar-refractivity contribution in [1.82, 2.24) is 0 Å². The smallest absolute Gasteiger partial charge is 0.0952 e. The van der Waals surface area contributed by atoms with E-state index in [1.807, 2.05) is 0 Å². The van der Waals surface area contributed by atoms with Gasteiger partial charge in [0.2, 0.25) is 0 Å². The number of rotatable bonds is 1. The molecule has 0 saturated carbocycles. The molecule has 0 unspecified atom stereocenters. The van der Waals surface area contributed by atoms with Gasteiger partial charge < -0.3 is 0 Å². The Balaban J connectivity index is 1.97. The van der Waals surface area contributed by atoms with Crippen molar-refractivity contribution >= 4 is 33.7 Å². The van der Waals surface area contributed by atoms with E-state index in [-0.39, 0.29) is 0 Å². The summed E-state index contributed by atoms with van der Waals surface area (Å²) in [5.74, 6) is 0. The van der Waals surface area contributed by atoms with E-state index in [0.29, 0.717) is 8.14 Å². The summed E-state index contributed by atoms with van der Waals surface area (Å²) in [6, 6.07) is 0. The van der Waals surface area contributed by atoms with Gasteiger partial charge in [0, 0.05) is 10.2 Å². The third-order valence-corrected chi connectivity index (χ3v) is 8.84. The molecule has 0 fully saturated rings. The molecule has 0 saturated heterocycles. The molecule has 4 heavy (non-hydrogen) atoms. The van der Waals surface area contributed by atoms with Crippen LogP contribution in [0.5, 0.6) is 0 Å². The predicted molar refractivity (Wildman–Crippen MR) is 32.2 cm³/mol. The average molecular weight is 155 g/mol. The summed E-state index contributed by atoms with van der Waals surface area (Å²) < 4.78 is 0. The Labute approximate surface area is 39.8 Å². The second-order valence-electron chi connectivity index (χ2n) is 0.689. The van der Waals surface area contributed by atoms with Crippen molar-refractivity contribution in [2.45, 2.75) is 5.67 Å². The van der Waals surface area contributed by atoms with Crippen LogP contribution in [0.4, 0.5) is 0 Å². The average Bonchev–Trinajstić information content (AvgIpc) is 1.37. The normalized spacial score (nSPS) is 11.2. The molecule has 0 heterocycles. The SMILES string of the molecule is [SiH3]C[SiH2]Br. The quantitative estimate of drug-likeness (QED) is 0.344. The van der Waals surface area contributed by atoms with Crippen molar-refractivity contribution in [2.75, 3.05) is 0 Å². The molecule has 3 heteroatoms. The first-order valence-corrected chi connectivity index (χ1v) is 7.79. The molecule has 0 nitrogen and oxygen atoms in total. The van der Waals surface area contributed by atoms with E-state index < -0.39 is 0 Å². The van der Waals surface area contributed by atoms with Gasteiger partial charge in [-0.1, -0.05) is 5.67 Å². The molecule has 0 bridgehead atoms. The highest BCUT2D eigenvalue weighted by molar-refractivity contribution is 9.23. The molecule has 0 aromatic carbocycles. The van der Waals surface area contributed by atoms with Gasteiger partial charge in [0.05, 0.1) is 8.14 Å². The topological polar surface area (TPSA) is 0 Å². The maximum absolute atomic E-state index is 3.42. The van der Waals surface area contributed by atoms with Crippen molar-refractivity contribution in [1.29, 1.82) is 0 Å². The van der Waals surface area contributed by atoms with Crippen LogP contribution in [0.3, 0.4) is 0 Å². The molecule has 0 N–H and O–H groups in total. The minimum atomic E-state index is 0.299. The van der Waals surface area contributed by atoms with Crippen molar-refractivity contribution in [3.63, 3.8) is 0 Å². The molecule has 0 aliphatic carbocycles. The summed E-state index contributed by atoms with van der Waals surface area (Å²) in [7, 11) is 1.70. The van der Waals surface area contributed by atoms with Crippen LogP contribution in [-0.2, 0) is 0 Å². The zero-order valence-electron chi connectivity index (χ0n) is 2.79. The van der Waals surface area contributed by atoms with Crippen LogP contribution in [0.25, 0.3) is 0 Å². The number of hydrogen-bond donors (Lipinski definition) is 0. The lowest BCUT2D eigenvalue weighted by Crippen LogP contribution is -1.67. The molecular formula is CH7BrSi2. The van der Waals surface area contributed by atoms with E-state index in [1.165, 1.54) is 15.9 Å². The predicted octanol–water partition coefficient (Wildman–Crippen LogP) is -0.794. The Hall–Kier alpha value is 0.914. The molecule has 0 aromatic heterocycles. The van der Waals surface area contributed by atoms with E-state index in [9.17, 15) is 0 Å². The van der Waals surface area contributed by atoms with Crippen LogP contribution >= 0.6 is 15.3 Å². The third-order valence-electron chi connectivity index (χ3n) is 0.189. The van der Waals surface area contributed by atoms with E-state index in [0.717, 1.165) is 0 Å². The van der Waals surface area contributed by atoms with E-state index in [1.54, 1.807) is 0 Å². The van der Waals surface area contributed by atoms with Gasteiger partial charge in [0.25, 0.3) is 0 Å². The molecule has 0 atom stereocenters. The second kappa shape index (κ2) is 3.91. The first-order chi connectivity index (χ1) is 1.91. The molecule has 26 valence electrons. The summed E-state index contributed by atoms with van der Waals surface area (Å²) in [5.41, 5.74) is 1.51. The van der Waals surface area contributed by atoms with Gasteiger partial charge in [-0.15, -0.1) is 15.3 Å². The van der Waals surface area contributed by atoms with Crippen LogP contribution in [-0.4, -0.2) is 18.4 Å². The fraction of sp³-hybridized carbons (Fsp3) is 1.00. The molecular weight excluding hydrogens is 148 g/mol. The minimum absolute atomic E-state index is 0.299. The van der Waals surface area contributed by atoms with Crippen molar-refractivity contribution < 1.29 is 0 Å². The van der Waals surface area contributed by atoms with Gasteiger partial charge >= 0.3 is 0 Å². The van der Waals surface area contributed by atoms with Crippen molar-refractivity contribution in [3.05, 3.63) is 0 Å². The first-order valence-electron chi connectivity index (χ1n) is 1.47. The van der Waals surface area contributed by atoms with Crippen LogP contribution < -0.4 is 0 Å². The Bertz CT molecular complexity index is 8.00. The second-order valence-corrected chi connectivity index (χ2v) is 7.45. The zero-order valence-corrected chi connectivity index (χ0v) is 7.79. The maximum Gasteiger partial charge on any atom is 0.0952 e. The van der Waals surface area contributed by atoms with Gasteiger partial charge in [-0.3, -0.25) is 0 Å². The van der Waals surface area contributed by atoms with Gasteiger partial charge in [0.15, 0.2) is 0 Å². The molecule has 0 spiro atoms.